The van der Waals surface area contributed by atoms with Crippen LogP contribution in [0.4, 0.5) is 5.69 Å². The SMILES string of the molecule is Cc1ncccc1NC(=O)CNC(=O)c1ccccc1. The zero-order chi connectivity index (χ0) is 14.4. The van der Waals surface area contributed by atoms with Gasteiger partial charge in [-0.15, -0.1) is 0 Å². The fourth-order valence-corrected chi connectivity index (χ4v) is 1.66. The van der Waals surface area contributed by atoms with E-state index >= 15 is 0 Å². The first kappa shape index (κ1) is 13.7. The second-order valence-corrected chi connectivity index (χ2v) is 4.23. The van der Waals surface area contributed by atoms with E-state index in [0.717, 1.165) is 5.69 Å². The van der Waals surface area contributed by atoms with E-state index in [1.165, 1.54) is 0 Å². The summed E-state index contributed by atoms with van der Waals surface area (Å²) in [5, 5.41) is 5.27. The summed E-state index contributed by atoms with van der Waals surface area (Å²) in [6.07, 6.45) is 1.65. The van der Waals surface area contributed by atoms with Gasteiger partial charge >= 0.3 is 0 Å². The van der Waals surface area contributed by atoms with E-state index in [2.05, 4.69) is 15.6 Å². The first-order valence-electron chi connectivity index (χ1n) is 6.21. The second kappa shape index (κ2) is 6.47. The lowest BCUT2D eigenvalue weighted by Crippen LogP contribution is -2.33. The number of pyridine rings is 1. The number of amides is 2. The Labute approximate surface area is 117 Å². The molecule has 2 rings (SSSR count). The molecule has 0 unspecified atom stereocenters. The number of hydrogen-bond acceptors (Lipinski definition) is 3. The molecule has 0 atom stereocenters. The number of aryl methyl sites for hydroxylation is 1. The Morgan fingerprint density at radius 1 is 1.10 bits per heavy atom. The van der Waals surface area contributed by atoms with Gasteiger partial charge in [-0.3, -0.25) is 14.6 Å². The number of hydrogen-bond donors (Lipinski definition) is 2. The van der Waals surface area contributed by atoms with E-state index in [1.54, 1.807) is 49.5 Å². The van der Waals surface area contributed by atoms with Crippen LogP contribution in [0.25, 0.3) is 0 Å². The largest absolute Gasteiger partial charge is 0.343 e. The maximum Gasteiger partial charge on any atom is 0.251 e. The van der Waals surface area contributed by atoms with Crippen molar-refractivity contribution in [2.24, 2.45) is 0 Å². The Kier molecular flexibility index (Phi) is 4.44. The quantitative estimate of drug-likeness (QED) is 0.888. The summed E-state index contributed by atoms with van der Waals surface area (Å²) in [7, 11) is 0. The molecule has 2 aromatic rings. The number of benzene rings is 1. The van der Waals surface area contributed by atoms with Crippen LogP contribution in [-0.4, -0.2) is 23.3 Å². The van der Waals surface area contributed by atoms with Crippen LogP contribution in [0.2, 0.25) is 0 Å². The highest BCUT2D eigenvalue weighted by Crippen LogP contribution is 2.09. The molecule has 0 saturated carbocycles. The van der Waals surface area contributed by atoms with Crippen LogP contribution in [-0.2, 0) is 4.79 Å². The van der Waals surface area contributed by atoms with Crippen molar-refractivity contribution in [2.45, 2.75) is 6.92 Å². The van der Waals surface area contributed by atoms with Crippen molar-refractivity contribution in [2.75, 3.05) is 11.9 Å². The van der Waals surface area contributed by atoms with Gasteiger partial charge in [-0.05, 0) is 31.2 Å². The maximum atomic E-state index is 11.8. The molecule has 20 heavy (non-hydrogen) atoms. The Hall–Kier alpha value is -2.69. The molecule has 1 aromatic carbocycles. The molecule has 0 bridgehead atoms. The third-order valence-electron chi connectivity index (χ3n) is 2.73. The van der Waals surface area contributed by atoms with E-state index in [-0.39, 0.29) is 18.4 Å². The van der Waals surface area contributed by atoms with Gasteiger partial charge in [0.1, 0.15) is 0 Å². The summed E-state index contributed by atoms with van der Waals surface area (Å²) in [6, 6.07) is 12.3. The van der Waals surface area contributed by atoms with Crippen LogP contribution >= 0.6 is 0 Å². The van der Waals surface area contributed by atoms with Gasteiger partial charge in [-0.1, -0.05) is 18.2 Å². The monoisotopic (exact) mass is 269 g/mol. The fraction of sp³-hybridized carbons (Fsp3) is 0.133. The van der Waals surface area contributed by atoms with Gasteiger partial charge in [0.15, 0.2) is 0 Å². The predicted molar refractivity (Wildman–Crippen MR) is 76.4 cm³/mol. The van der Waals surface area contributed by atoms with Crippen LogP contribution < -0.4 is 10.6 Å². The molecule has 0 radical (unpaired) electrons. The Morgan fingerprint density at radius 2 is 1.85 bits per heavy atom. The average Bonchev–Trinajstić information content (AvgIpc) is 2.48. The molecule has 1 heterocycles. The molecule has 2 amide bonds. The van der Waals surface area contributed by atoms with Crippen LogP contribution in [0.15, 0.2) is 48.7 Å². The molecule has 0 fully saturated rings. The summed E-state index contributed by atoms with van der Waals surface area (Å²) in [5.41, 5.74) is 1.90. The van der Waals surface area contributed by atoms with Crippen LogP contribution in [0.5, 0.6) is 0 Å². The number of carbonyl (C=O) groups is 2. The minimum absolute atomic E-state index is 0.0813. The predicted octanol–water partition coefficient (Wildman–Crippen LogP) is 1.76. The molecule has 0 spiro atoms. The van der Waals surface area contributed by atoms with Crippen LogP contribution in [0.1, 0.15) is 16.1 Å². The molecule has 0 aliphatic carbocycles. The highest BCUT2D eigenvalue weighted by Gasteiger charge is 2.08. The van der Waals surface area contributed by atoms with Crippen molar-refractivity contribution in [1.82, 2.24) is 10.3 Å². The zero-order valence-corrected chi connectivity index (χ0v) is 11.1. The number of nitrogens with zero attached hydrogens (tertiary/aromatic N) is 1. The van der Waals surface area contributed by atoms with E-state index < -0.39 is 0 Å². The summed E-state index contributed by atoms with van der Waals surface area (Å²) in [6.45, 7) is 1.72. The lowest BCUT2D eigenvalue weighted by molar-refractivity contribution is -0.115. The lowest BCUT2D eigenvalue weighted by atomic mass is 10.2. The van der Waals surface area contributed by atoms with Gasteiger partial charge in [-0.25, -0.2) is 0 Å². The smallest absolute Gasteiger partial charge is 0.251 e. The summed E-state index contributed by atoms with van der Waals surface area (Å²) < 4.78 is 0. The average molecular weight is 269 g/mol. The molecular weight excluding hydrogens is 254 g/mol. The van der Waals surface area contributed by atoms with Crippen molar-refractivity contribution < 1.29 is 9.59 Å². The Morgan fingerprint density at radius 3 is 2.55 bits per heavy atom. The minimum atomic E-state index is -0.287. The van der Waals surface area contributed by atoms with E-state index in [1.807, 2.05) is 6.07 Å². The molecule has 1 aromatic heterocycles. The Bertz CT molecular complexity index is 612. The van der Waals surface area contributed by atoms with Gasteiger partial charge < -0.3 is 10.6 Å². The number of aromatic nitrogens is 1. The van der Waals surface area contributed by atoms with Crippen LogP contribution in [0, 0.1) is 6.92 Å². The molecule has 102 valence electrons. The molecule has 5 heteroatoms. The highest BCUT2D eigenvalue weighted by atomic mass is 16.2. The van der Waals surface area contributed by atoms with Gasteiger partial charge in [0.2, 0.25) is 5.91 Å². The number of anilines is 1. The van der Waals surface area contributed by atoms with Gasteiger partial charge in [0, 0.05) is 11.8 Å². The van der Waals surface area contributed by atoms with Gasteiger partial charge in [0.05, 0.1) is 17.9 Å². The number of nitrogens with one attached hydrogen (secondary N) is 2. The topological polar surface area (TPSA) is 71.1 Å². The molecule has 2 N–H and O–H groups in total. The normalized spacial score (nSPS) is 9.85. The number of rotatable bonds is 4. The number of carbonyl (C=O) groups excluding carboxylic acids is 2. The molecular formula is C15H15N3O2. The van der Waals surface area contributed by atoms with Crippen molar-refractivity contribution >= 4 is 17.5 Å². The lowest BCUT2D eigenvalue weighted by Gasteiger charge is -2.08. The summed E-state index contributed by atoms with van der Waals surface area (Å²) in [4.78, 5) is 27.6. The highest BCUT2D eigenvalue weighted by molar-refractivity contribution is 5.99. The summed E-state index contributed by atoms with van der Waals surface area (Å²) >= 11 is 0. The molecule has 0 aliphatic rings. The van der Waals surface area contributed by atoms with Crippen molar-refractivity contribution in [3.63, 3.8) is 0 Å². The van der Waals surface area contributed by atoms with E-state index in [9.17, 15) is 9.59 Å². The second-order valence-electron chi connectivity index (χ2n) is 4.23. The van der Waals surface area contributed by atoms with E-state index in [0.29, 0.717) is 11.3 Å². The van der Waals surface area contributed by atoms with Gasteiger partial charge in [-0.2, -0.15) is 0 Å². The maximum absolute atomic E-state index is 11.8. The third-order valence-corrected chi connectivity index (χ3v) is 2.73. The Balaban J connectivity index is 1.87. The first-order valence-corrected chi connectivity index (χ1v) is 6.21. The van der Waals surface area contributed by atoms with Crippen molar-refractivity contribution in [3.05, 3.63) is 59.9 Å². The fourth-order valence-electron chi connectivity index (χ4n) is 1.66. The van der Waals surface area contributed by atoms with Crippen molar-refractivity contribution in [1.29, 1.82) is 0 Å². The molecule has 0 aliphatic heterocycles. The third kappa shape index (κ3) is 3.65. The van der Waals surface area contributed by atoms with Crippen molar-refractivity contribution in [3.8, 4) is 0 Å². The molecule has 5 nitrogen and oxygen atoms in total. The summed E-state index contributed by atoms with van der Waals surface area (Å²) in [5.74, 6) is -0.561. The first-order chi connectivity index (χ1) is 9.66. The zero-order valence-electron chi connectivity index (χ0n) is 11.1. The van der Waals surface area contributed by atoms with Crippen LogP contribution in [0.3, 0.4) is 0 Å². The van der Waals surface area contributed by atoms with Gasteiger partial charge in [0.25, 0.3) is 5.91 Å². The molecule has 0 saturated heterocycles. The standard InChI is InChI=1S/C15H15N3O2/c1-11-13(8-5-9-16-11)18-14(19)10-17-15(20)12-6-3-2-4-7-12/h2-9H,10H2,1H3,(H,17,20)(H,18,19). The minimum Gasteiger partial charge on any atom is -0.343 e. The van der Waals surface area contributed by atoms with E-state index in [4.69, 9.17) is 0 Å².